The van der Waals surface area contributed by atoms with E-state index in [1.807, 2.05) is 12.1 Å². The van der Waals surface area contributed by atoms with E-state index >= 15 is 0 Å². The lowest BCUT2D eigenvalue weighted by Crippen LogP contribution is -2.19. The molecule has 0 amide bonds. The van der Waals surface area contributed by atoms with Gasteiger partial charge in [0.2, 0.25) is 0 Å². The number of hydrogen-bond acceptors (Lipinski definition) is 1. The smallest absolute Gasteiger partial charge is 0.0451 e. The molecule has 0 aromatic heterocycles. The third kappa shape index (κ3) is 2.48. The number of nitrogens with one attached hydrogen (secondary N) is 1. The number of halogens is 2. The minimum absolute atomic E-state index is 0.446. The number of rotatable bonds is 4. The van der Waals surface area contributed by atoms with Crippen molar-refractivity contribution in [1.29, 1.82) is 0 Å². The molecule has 100 valence electrons. The molecule has 0 spiro atoms. The van der Waals surface area contributed by atoms with E-state index in [1.165, 1.54) is 0 Å². The van der Waals surface area contributed by atoms with Crippen LogP contribution in [-0.2, 0) is 6.54 Å². The van der Waals surface area contributed by atoms with Gasteiger partial charge in [0.15, 0.2) is 0 Å². The molecule has 1 aromatic rings. The van der Waals surface area contributed by atoms with Gasteiger partial charge in [-0.25, -0.2) is 0 Å². The van der Waals surface area contributed by atoms with E-state index < -0.39 is 0 Å². The Morgan fingerprint density at radius 1 is 1.22 bits per heavy atom. The van der Waals surface area contributed by atoms with Gasteiger partial charge in [-0.05, 0) is 47.1 Å². The van der Waals surface area contributed by atoms with Crippen molar-refractivity contribution in [2.24, 2.45) is 16.7 Å². The molecule has 0 unspecified atom stereocenters. The molecule has 0 heterocycles. The Bertz CT molecular complexity index is 440. The van der Waals surface area contributed by atoms with E-state index in [2.05, 4.69) is 55.0 Å². The van der Waals surface area contributed by atoms with Gasteiger partial charge in [-0.15, -0.1) is 0 Å². The largest absolute Gasteiger partial charge is 0.312 e. The van der Waals surface area contributed by atoms with Gasteiger partial charge in [0.1, 0.15) is 0 Å². The third-order valence-electron chi connectivity index (χ3n) is 4.99. The highest BCUT2D eigenvalue weighted by Crippen LogP contribution is 2.67. The Morgan fingerprint density at radius 3 is 2.39 bits per heavy atom. The van der Waals surface area contributed by atoms with Gasteiger partial charge in [0, 0.05) is 16.0 Å². The first-order chi connectivity index (χ1) is 8.26. The van der Waals surface area contributed by atoms with Crippen molar-refractivity contribution < 1.29 is 0 Å². The van der Waals surface area contributed by atoms with Crippen LogP contribution in [-0.4, -0.2) is 6.54 Å². The highest BCUT2D eigenvalue weighted by atomic mass is 79.9. The Morgan fingerprint density at radius 2 is 1.83 bits per heavy atom. The zero-order chi connectivity index (χ0) is 13.6. The molecule has 18 heavy (non-hydrogen) atoms. The topological polar surface area (TPSA) is 12.0 Å². The zero-order valence-electron chi connectivity index (χ0n) is 11.5. The van der Waals surface area contributed by atoms with Crippen molar-refractivity contribution in [1.82, 2.24) is 5.32 Å². The van der Waals surface area contributed by atoms with E-state index in [0.29, 0.717) is 10.8 Å². The molecule has 1 saturated carbocycles. The van der Waals surface area contributed by atoms with Crippen LogP contribution in [0.15, 0.2) is 22.7 Å². The normalized spacial score (nSPS) is 21.0. The molecule has 0 atom stereocenters. The molecule has 2 rings (SSSR count). The standard InChI is InChI=1S/C15H21BrClN/c1-14(2)13(15(14,3)4)9-18-8-10-7-11(16)5-6-12(10)17/h5-7,13,18H,8-9H2,1-4H3. The minimum Gasteiger partial charge on any atom is -0.312 e. The van der Waals surface area contributed by atoms with E-state index in [-0.39, 0.29) is 0 Å². The Balaban J connectivity index is 1.89. The maximum atomic E-state index is 6.18. The summed E-state index contributed by atoms with van der Waals surface area (Å²) in [5.74, 6) is 0.746. The maximum Gasteiger partial charge on any atom is 0.0451 e. The number of hydrogen-bond donors (Lipinski definition) is 1. The van der Waals surface area contributed by atoms with Crippen LogP contribution in [0, 0.1) is 16.7 Å². The van der Waals surface area contributed by atoms with Crippen LogP contribution in [0.2, 0.25) is 5.02 Å². The Labute approximate surface area is 123 Å². The van der Waals surface area contributed by atoms with E-state index in [9.17, 15) is 0 Å². The molecular formula is C15H21BrClN. The zero-order valence-corrected chi connectivity index (χ0v) is 13.8. The average molecular weight is 331 g/mol. The predicted molar refractivity (Wildman–Crippen MR) is 81.9 cm³/mol. The van der Waals surface area contributed by atoms with Gasteiger partial charge in [0.05, 0.1) is 0 Å². The molecule has 1 aliphatic rings. The molecule has 0 radical (unpaired) electrons. The molecule has 1 aromatic carbocycles. The lowest BCUT2D eigenvalue weighted by Gasteiger charge is -2.08. The first kappa shape index (κ1) is 14.4. The van der Waals surface area contributed by atoms with Crippen LogP contribution in [0.1, 0.15) is 33.3 Å². The Kier molecular flexibility index (Phi) is 3.84. The van der Waals surface area contributed by atoms with Gasteiger partial charge >= 0.3 is 0 Å². The Hall–Kier alpha value is -0.0500. The second kappa shape index (κ2) is 4.81. The fourth-order valence-corrected chi connectivity index (χ4v) is 3.47. The molecule has 0 saturated heterocycles. The quantitative estimate of drug-likeness (QED) is 0.830. The lowest BCUT2D eigenvalue weighted by molar-refractivity contribution is 0.457. The van der Waals surface area contributed by atoms with Crippen molar-refractivity contribution in [2.75, 3.05) is 6.54 Å². The predicted octanol–water partition coefficient (Wildman–Crippen LogP) is 4.87. The van der Waals surface area contributed by atoms with Crippen LogP contribution in [0.25, 0.3) is 0 Å². The van der Waals surface area contributed by atoms with Crippen LogP contribution in [0.5, 0.6) is 0 Å². The summed E-state index contributed by atoms with van der Waals surface area (Å²) in [6, 6.07) is 5.99. The molecule has 1 fully saturated rings. The maximum absolute atomic E-state index is 6.18. The summed E-state index contributed by atoms with van der Waals surface area (Å²) in [4.78, 5) is 0. The number of benzene rings is 1. The summed E-state index contributed by atoms with van der Waals surface area (Å²) in [6.07, 6.45) is 0. The summed E-state index contributed by atoms with van der Waals surface area (Å²) in [5.41, 5.74) is 2.05. The first-order valence-electron chi connectivity index (χ1n) is 6.41. The fourth-order valence-electron chi connectivity index (χ4n) is 2.87. The molecule has 1 aliphatic carbocycles. The average Bonchev–Trinajstić information content (AvgIpc) is 2.65. The van der Waals surface area contributed by atoms with Crippen molar-refractivity contribution in [3.05, 3.63) is 33.3 Å². The van der Waals surface area contributed by atoms with Crippen molar-refractivity contribution in [3.63, 3.8) is 0 Å². The van der Waals surface area contributed by atoms with Crippen LogP contribution in [0.4, 0.5) is 0 Å². The third-order valence-corrected chi connectivity index (χ3v) is 5.85. The molecule has 3 heteroatoms. The van der Waals surface area contributed by atoms with Gasteiger partial charge in [-0.1, -0.05) is 55.2 Å². The van der Waals surface area contributed by atoms with E-state index in [0.717, 1.165) is 34.1 Å². The molecule has 1 N–H and O–H groups in total. The summed E-state index contributed by atoms with van der Waals surface area (Å²) in [7, 11) is 0. The first-order valence-corrected chi connectivity index (χ1v) is 7.58. The van der Waals surface area contributed by atoms with Crippen LogP contribution >= 0.6 is 27.5 Å². The summed E-state index contributed by atoms with van der Waals surface area (Å²) in [6.45, 7) is 11.3. The second-order valence-electron chi connectivity index (χ2n) is 6.36. The highest BCUT2D eigenvalue weighted by molar-refractivity contribution is 9.10. The van der Waals surface area contributed by atoms with Gasteiger partial charge in [-0.3, -0.25) is 0 Å². The SMILES string of the molecule is CC1(C)C(CNCc2cc(Br)ccc2Cl)C1(C)C. The van der Waals surface area contributed by atoms with Crippen molar-refractivity contribution in [3.8, 4) is 0 Å². The monoisotopic (exact) mass is 329 g/mol. The van der Waals surface area contributed by atoms with Crippen LogP contribution < -0.4 is 5.32 Å². The molecule has 0 bridgehead atoms. The van der Waals surface area contributed by atoms with Gasteiger partial charge < -0.3 is 5.32 Å². The molecular weight excluding hydrogens is 310 g/mol. The summed E-state index contributed by atoms with van der Waals surface area (Å²) < 4.78 is 1.08. The molecule has 1 nitrogen and oxygen atoms in total. The van der Waals surface area contributed by atoms with Crippen LogP contribution in [0.3, 0.4) is 0 Å². The second-order valence-corrected chi connectivity index (χ2v) is 7.69. The van der Waals surface area contributed by atoms with E-state index in [1.54, 1.807) is 0 Å². The summed E-state index contributed by atoms with van der Waals surface area (Å²) >= 11 is 9.66. The van der Waals surface area contributed by atoms with Crippen molar-refractivity contribution >= 4 is 27.5 Å². The lowest BCUT2D eigenvalue weighted by atomic mass is 10.0. The molecule has 0 aliphatic heterocycles. The van der Waals surface area contributed by atoms with Gasteiger partial charge in [0.25, 0.3) is 0 Å². The van der Waals surface area contributed by atoms with Crippen molar-refractivity contribution in [2.45, 2.75) is 34.2 Å². The van der Waals surface area contributed by atoms with Gasteiger partial charge in [-0.2, -0.15) is 0 Å². The van der Waals surface area contributed by atoms with E-state index in [4.69, 9.17) is 11.6 Å². The summed E-state index contributed by atoms with van der Waals surface area (Å²) in [5, 5.41) is 4.37. The fraction of sp³-hybridized carbons (Fsp3) is 0.600. The minimum atomic E-state index is 0.446. The highest BCUT2D eigenvalue weighted by Gasteiger charge is 2.63.